The lowest BCUT2D eigenvalue weighted by molar-refractivity contribution is -0.130. The van der Waals surface area contributed by atoms with Crippen molar-refractivity contribution in [1.29, 1.82) is 0 Å². The molecule has 1 saturated carbocycles. The van der Waals surface area contributed by atoms with Gasteiger partial charge in [0.05, 0.1) is 11.1 Å². The molecule has 0 bridgehead atoms. The molecule has 1 aliphatic rings. The lowest BCUT2D eigenvalue weighted by Gasteiger charge is -2.25. The van der Waals surface area contributed by atoms with Crippen molar-refractivity contribution in [2.45, 2.75) is 45.6 Å². The van der Waals surface area contributed by atoms with Crippen molar-refractivity contribution < 1.29 is 14.4 Å². The van der Waals surface area contributed by atoms with Gasteiger partial charge in [0.2, 0.25) is 5.60 Å². The van der Waals surface area contributed by atoms with E-state index in [0.29, 0.717) is 22.2 Å². The Morgan fingerprint density at radius 3 is 2.58 bits per heavy atom. The van der Waals surface area contributed by atoms with E-state index in [4.69, 9.17) is 4.52 Å². The summed E-state index contributed by atoms with van der Waals surface area (Å²) in [6, 6.07) is 12.4. The van der Waals surface area contributed by atoms with Crippen LogP contribution >= 0.6 is 0 Å². The Morgan fingerprint density at radius 2 is 1.90 bits per heavy atom. The number of aryl methyl sites for hydroxylation is 2. The van der Waals surface area contributed by atoms with Crippen molar-refractivity contribution in [3.63, 3.8) is 0 Å². The number of rotatable bonds is 4. The average molecular weight is 416 g/mol. The molecular formula is C25H24N2O4. The molecule has 0 radical (unpaired) electrons. The first kappa shape index (κ1) is 20.8. The van der Waals surface area contributed by atoms with Crippen LogP contribution in [0.2, 0.25) is 0 Å². The summed E-state index contributed by atoms with van der Waals surface area (Å²) in [7, 11) is 0. The standard InChI is InChI=1S/C25H24N2O4/c1-16-4-6-18(7-5-16)10-11-25(30,15-24(3)12-13-24)23(29)26-19-8-9-20-21(14-19)17(2)27-31-22(20)28/h4-9,14,30H,12-13,15H2,1-3H3,(H,26,29). The molecule has 1 fully saturated rings. The van der Waals surface area contributed by atoms with Crippen molar-refractivity contribution in [3.05, 3.63) is 69.7 Å². The van der Waals surface area contributed by atoms with Gasteiger partial charge in [0.1, 0.15) is 0 Å². The molecule has 1 aliphatic carbocycles. The quantitative estimate of drug-likeness (QED) is 0.633. The monoisotopic (exact) mass is 416 g/mol. The van der Waals surface area contributed by atoms with Gasteiger partial charge in [0.15, 0.2) is 0 Å². The molecule has 31 heavy (non-hydrogen) atoms. The summed E-state index contributed by atoms with van der Waals surface area (Å²) in [6.07, 6.45) is 2.15. The molecule has 0 saturated heterocycles. The number of amides is 1. The summed E-state index contributed by atoms with van der Waals surface area (Å²) in [4.78, 5) is 25.0. The number of nitrogens with one attached hydrogen (secondary N) is 1. The van der Waals surface area contributed by atoms with Crippen molar-refractivity contribution >= 4 is 22.4 Å². The second-order valence-electron chi connectivity index (χ2n) is 8.73. The van der Waals surface area contributed by atoms with Crippen LogP contribution in [0, 0.1) is 31.1 Å². The largest absolute Gasteiger partial charge is 0.369 e. The summed E-state index contributed by atoms with van der Waals surface area (Å²) in [5.74, 6) is 5.18. The normalized spacial score (nSPS) is 16.1. The molecule has 1 aromatic heterocycles. The van der Waals surface area contributed by atoms with Gasteiger partial charge in [-0.3, -0.25) is 4.79 Å². The first-order valence-corrected chi connectivity index (χ1v) is 10.2. The number of hydrogen-bond donors (Lipinski definition) is 2. The van der Waals surface area contributed by atoms with Gasteiger partial charge in [-0.15, -0.1) is 0 Å². The van der Waals surface area contributed by atoms with Crippen LogP contribution in [0.15, 0.2) is 51.8 Å². The highest BCUT2D eigenvalue weighted by Crippen LogP contribution is 2.51. The molecule has 1 unspecified atom stereocenters. The number of nitrogens with zero attached hydrogens (tertiary/aromatic N) is 1. The minimum Gasteiger partial charge on any atom is -0.369 e. The maximum atomic E-state index is 13.1. The van der Waals surface area contributed by atoms with Gasteiger partial charge < -0.3 is 14.9 Å². The van der Waals surface area contributed by atoms with E-state index in [1.165, 1.54) is 0 Å². The molecule has 1 atom stereocenters. The molecule has 6 nitrogen and oxygen atoms in total. The molecular weight excluding hydrogens is 392 g/mol. The minimum absolute atomic E-state index is 0.100. The molecule has 0 aliphatic heterocycles. The van der Waals surface area contributed by atoms with Gasteiger partial charge in [-0.2, -0.15) is 0 Å². The maximum Gasteiger partial charge on any atom is 0.366 e. The Balaban J connectivity index is 1.65. The molecule has 6 heteroatoms. The number of carbonyl (C=O) groups is 1. The van der Waals surface area contributed by atoms with Crippen LogP contribution < -0.4 is 10.9 Å². The van der Waals surface area contributed by atoms with E-state index < -0.39 is 17.1 Å². The predicted octanol–water partition coefficient (Wildman–Crippen LogP) is 3.72. The zero-order chi connectivity index (χ0) is 22.2. The topological polar surface area (TPSA) is 92.4 Å². The number of carbonyl (C=O) groups excluding carboxylic acids is 1. The van der Waals surface area contributed by atoms with E-state index >= 15 is 0 Å². The Morgan fingerprint density at radius 1 is 1.19 bits per heavy atom. The van der Waals surface area contributed by atoms with Crippen LogP contribution in [0.5, 0.6) is 0 Å². The number of anilines is 1. The Hall–Kier alpha value is -3.43. The SMILES string of the molecule is Cc1ccc(C#CC(O)(CC2(C)CC2)C(=O)Nc2ccc3c(=O)onc(C)c3c2)cc1. The van der Waals surface area contributed by atoms with Crippen LogP contribution in [0.4, 0.5) is 5.69 Å². The first-order chi connectivity index (χ1) is 14.7. The van der Waals surface area contributed by atoms with Gasteiger partial charge in [0, 0.05) is 23.1 Å². The summed E-state index contributed by atoms with van der Waals surface area (Å²) in [5, 5.41) is 18.7. The van der Waals surface area contributed by atoms with Crippen molar-refractivity contribution in [2.24, 2.45) is 5.41 Å². The fourth-order valence-electron chi connectivity index (χ4n) is 3.54. The number of aromatic nitrogens is 1. The van der Waals surface area contributed by atoms with E-state index in [0.717, 1.165) is 24.0 Å². The fraction of sp³-hybridized carbons (Fsp3) is 0.320. The number of aliphatic hydroxyl groups is 1. The molecule has 2 aromatic carbocycles. The fourth-order valence-corrected chi connectivity index (χ4v) is 3.54. The summed E-state index contributed by atoms with van der Waals surface area (Å²) >= 11 is 0. The van der Waals surface area contributed by atoms with E-state index in [1.54, 1.807) is 25.1 Å². The highest BCUT2D eigenvalue weighted by Gasteiger charge is 2.48. The van der Waals surface area contributed by atoms with Gasteiger partial charge >= 0.3 is 5.63 Å². The molecule has 4 rings (SSSR count). The van der Waals surface area contributed by atoms with Crippen LogP contribution in [-0.2, 0) is 4.79 Å². The third kappa shape index (κ3) is 4.52. The van der Waals surface area contributed by atoms with E-state index in [-0.39, 0.29) is 11.8 Å². The average Bonchev–Trinajstić information content (AvgIpc) is 3.46. The summed E-state index contributed by atoms with van der Waals surface area (Å²) in [5.41, 5.74) is 0.345. The van der Waals surface area contributed by atoms with E-state index in [1.807, 2.05) is 38.1 Å². The second-order valence-corrected chi connectivity index (χ2v) is 8.73. The molecule has 1 heterocycles. The van der Waals surface area contributed by atoms with Gasteiger partial charge in [-0.25, -0.2) is 4.79 Å². The second kappa shape index (κ2) is 7.68. The van der Waals surface area contributed by atoms with Crippen LogP contribution in [0.3, 0.4) is 0 Å². The molecule has 3 aromatic rings. The first-order valence-electron chi connectivity index (χ1n) is 10.2. The highest BCUT2D eigenvalue weighted by molar-refractivity contribution is 6.01. The molecule has 2 N–H and O–H groups in total. The maximum absolute atomic E-state index is 13.1. The van der Waals surface area contributed by atoms with Gasteiger partial charge in [0.25, 0.3) is 5.91 Å². The Labute approximate surface area is 180 Å². The molecule has 1 amide bonds. The highest BCUT2D eigenvalue weighted by atomic mass is 16.5. The number of fused-ring (bicyclic) bond motifs is 1. The van der Waals surface area contributed by atoms with Crippen LogP contribution in [-0.4, -0.2) is 21.8 Å². The lowest BCUT2D eigenvalue weighted by Crippen LogP contribution is -2.43. The van der Waals surface area contributed by atoms with Crippen molar-refractivity contribution in [1.82, 2.24) is 5.16 Å². The van der Waals surface area contributed by atoms with Crippen LogP contribution in [0.25, 0.3) is 10.8 Å². The smallest absolute Gasteiger partial charge is 0.366 e. The van der Waals surface area contributed by atoms with E-state index in [2.05, 4.69) is 22.3 Å². The van der Waals surface area contributed by atoms with Gasteiger partial charge in [-0.05, 0) is 62.4 Å². The summed E-state index contributed by atoms with van der Waals surface area (Å²) in [6.45, 7) is 5.75. The summed E-state index contributed by atoms with van der Waals surface area (Å²) < 4.78 is 4.74. The number of hydrogen-bond acceptors (Lipinski definition) is 5. The minimum atomic E-state index is -1.84. The molecule has 158 valence electrons. The van der Waals surface area contributed by atoms with Crippen molar-refractivity contribution in [3.8, 4) is 11.8 Å². The zero-order valence-electron chi connectivity index (χ0n) is 17.8. The van der Waals surface area contributed by atoms with Crippen molar-refractivity contribution in [2.75, 3.05) is 5.32 Å². The molecule has 0 spiro atoms. The Kier molecular flexibility index (Phi) is 5.16. The third-order valence-corrected chi connectivity index (χ3v) is 5.78. The number of benzene rings is 2. The lowest BCUT2D eigenvalue weighted by atomic mass is 9.88. The zero-order valence-corrected chi connectivity index (χ0v) is 17.8. The Bertz CT molecular complexity index is 1280. The van der Waals surface area contributed by atoms with Gasteiger partial charge in [-0.1, -0.05) is 41.6 Å². The van der Waals surface area contributed by atoms with E-state index in [9.17, 15) is 14.7 Å². The van der Waals surface area contributed by atoms with Crippen LogP contribution in [0.1, 0.15) is 43.0 Å². The third-order valence-electron chi connectivity index (χ3n) is 5.78. The predicted molar refractivity (Wildman–Crippen MR) is 119 cm³/mol.